The van der Waals surface area contributed by atoms with E-state index in [0.29, 0.717) is 39.5 Å². The third-order valence-corrected chi connectivity index (χ3v) is 10.1. The number of carboxylic acid groups (broad SMARTS) is 1. The van der Waals surface area contributed by atoms with Crippen LogP contribution in [0.2, 0.25) is 5.02 Å². The number of rotatable bonds is 7. The number of fused-ring (bicyclic) bond motifs is 1. The van der Waals surface area contributed by atoms with Gasteiger partial charge in [-0.05, 0) is 60.0 Å². The zero-order valence-corrected chi connectivity index (χ0v) is 25.4. The second kappa shape index (κ2) is 12.2. The first-order chi connectivity index (χ1) is 22.0. The van der Waals surface area contributed by atoms with Crippen molar-refractivity contribution in [1.82, 2.24) is 3.97 Å². The summed E-state index contributed by atoms with van der Waals surface area (Å²) in [6.07, 6.45) is 4.13. The van der Waals surface area contributed by atoms with Crippen molar-refractivity contribution in [3.8, 4) is 28.5 Å². The number of benzene rings is 3. The monoisotopic (exact) mass is 660 g/mol. The van der Waals surface area contributed by atoms with Crippen LogP contribution in [0.15, 0.2) is 95.4 Å². The van der Waals surface area contributed by atoms with Gasteiger partial charge < -0.3 is 5.11 Å². The third-order valence-electron chi connectivity index (χ3n) is 8.10. The molecule has 1 aromatic heterocycles. The molecule has 11 heteroatoms. The Morgan fingerprint density at radius 1 is 1.04 bits per heavy atom. The Bertz CT molecular complexity index is 2230. The molecule has 0 saturated heterocycles. The lowest BCUT2D eigenvalue weighted by Crippen LogP contribution is -2.37. The SMILES string of the molecule is N#CC1=CC=CCC1c1c(-c2cccc(-c3ccc(C(=O)O)cc3Cl)c2)n(S(=O)(=O)c2ccc(C(F)F)cc2)c2c1=CC(F)CC=2. The highest BCUT2D eigenvalue weighted by Gasteiger charge is 2.33. The first kappa shape index (κ1) is 31.1. The number of carbonyl (C=O) groups is 1. The van der Waals surface area contributed by atoms with Gasteiger partial charge in [-0.3, -0.25) is 0 Å². The zero-order valence-electron chi connectivity index (χ0n) is 23.9. The zero-order chi connectivity index (χ0) is 32.7. The van der Waals surface area contributed by atoms with E-state index in [1.54, 1.807) is 42.5 Å². The van der Waals surface area contributed by atoms with Crippen LogP contribution in [0.4, 0.5) is 13.2 Å². The van der Waals surface area contributed by atoms with Gasteiger partial charge in [-0.25, -0.2) is 30.4 Å². The number of aromatic nitrogens is 1. The topological polar surface area (TPSA) is 100 Å². The van der Waals surface area contributed by atoms with Gasteiger partial charge >= 0.3 is 5.97 Å². The molecule has 1 heterocycles. The molecule has 232 valence electrons. The molecule has 2 aliphatic rings. The summed E-state index contributed by atoms with van der Waals surface area (Å²) in [6, 6.07) is 17.6. The summed E-state index contributed by atoms with van der Waals surface area (Å²) in [5.41, 5.74) is 2.07. The molecule has 0 spiro atoms. The highest BCUT2D eigenvalue weighted by atomic mass is 35.5. The highest BCUT2D eigenvalue weighted by Crippen LogP contribution is 2.39. The Hall–Kier alpha value is -4.85. The number of carboxylic acids is 1. The van der Waals surface area contributed by atoms with Gasteiger partial charge in [0, 0.05) is 44.8 Å². The number of allylic oxidation sites excluding steroid dienone is 4. The van der Waals surface area contributed by atoms with Crippen LogP contribution in [0.25, 0.3) is 34.5 Å². The summed E-state index contributed by atoms with van der Waals surface area (Å²) in [5, 5.41) is 20.1. The van der Waals surface area contributed by atoms with E-state index in [9.17, 15) is 32.4 Å². The standard InChI is InChI=1S/C35H24ClF3N2O4S/c36-30-17-23(35(42)43)10-14-27(30)21-5-3-6-22(16-21)33-32(28-7-2-1-4-24(28)19-40)29-18-25(37)11-15-31(29)41(33)46(44,45)26-12-8-20(9-13-26)34(38)39/h1-6,8-10,12-18,25,28,34H,7,11H2,(H,42,43). The van der Waals surface area contributed by atoms with Crippen LogP contribution in [0.5, 0.6) is 0 Å². The fourth-order valence-electron chi connectivity index (χ4n) is 5.95. The van der Waals surface area contributed by atoms with Gasteiger partial charge in [0.2, 0.25) is 0 Å². The van der Waals surface area contributed by atoms with Crippen LogP contribution in [0.1, 0.15) is 46.7 Å². The van der Waals surface area contributed by atoms with E-state index >= 15 is 4.39 Å². The van der Waals surface area contributed by atoms with Crippen LogP contribution < -0.4 is 10.6 Å². The maximum Gasteiger partial charge on any atom is 0.335 e. The van der Waals surface area contributed by atoms with Gasteiger partial charge in [0.15, 0.2) is 0 Å². The lowest BCUT2D eigenvalue weighted by atomic mass is 9.83. The van der Waals surface area contributed by atoms with E-state index in [0.717, 1.165) is 28.2 Å². The Morgan fingerprint density at radius 2 is 1.78 bits per heavy atom. The molecule has 2 aliphatic carbocycles. The summed E-state index contributed by atoms with van der Waals surface area (Å²) in [5.74, 6) is -1.77. The second-order valence-electron chi connectivity index (χ2n) is 10.9. The number of nitrogens with zero attached hydrogens (tertiary/aromatic N) is 2. The summed E-state index contributed by atoms with van der Waals surface area (Å²) >= 11 is 6.49. The number of alkyl halides is 3. The summed E-state index contributed by atoms with van der Waals surface area (Å²) in [4.78, 5) is 11.2. The third kappa shape index (κ3) is 5.46. The van der Waals surface area contributed by atoms with Gasteiger partial charge in [-0.15, -0.1) is 0 Å². The summed E-state index contributed by atoms with van der Waals surface area (Å²) in [6.45, 7) is 0. The lowest BCUT2D eigenvalue weighted by Gasteiger charge is -2.20. The molecule has 0 amide bonds. The maximum atomic E-state index is 15.0. The summed E-state index contributed by atoms with van der Waals surface area (Å²) in [7, 11) is -4.48. The van der Waals surface area contributed by atoms with Crippen molar-refractivity contribution in [2.45, 2.75) is 36.3 Å². The first-order valence-electron chi connectivity index (χ1n) is 14.2. The van der Waals surface area contributed by atoms with Crippen LogP contribution in [-0.4, -0.2) is 29.6 Å². The van der Waals surface area contributed by atoms with Gasteiger partial charge in [0.1, 0.15) is 6.17 Å². The number of halogens is 4. The molecular weight excluding hydrogens is 637 g/mol. The fraction of sp³-hybridized carbons (Fsp3) is 0.143. The average Bonchev–Trinajstić information content (AvgIpc) is 3.39. The molecule has 0 aliphatic heterocycles. The van der Waals surface area contributed by atoms with E-state index in [-0.39, 0.29) is 38.5 Å². The van der Waals surface area contributed by atoms with Crippen LogP contribution in [0.3, 0.4) is 0 Å². The van der Waals surface area contributed by atoms with Crippen LogP contribution in [-0.2, 0) is 10.0 Å². The average molecular weight is 661 g/mol. The summed E-state index contributed by atoms with van der Waals surface area (Å²) < 4.78 is 71.8. The number of nitriles is 1. The Kier molecular flexibility index (Phi) is 8.23. The predicted molar refractivity (Wildman–Crippen MR) is 169 cm³/mol. The lowest BCUT2D eigenvalue weighted by molar-refractivity contribution is 0.0696. The van der Waals surface area contributed by atoms with E-state index in [1.165, 1.54) is 24.3 Å². The largest absolute Gasteiger partial charge is 0.478 e. The smallest absolute Gasteiger partial charge is 0.335 e. The van der Waals surface area contributed by atoms with E-state index in [1.807, 2.05) is 6.08 Å². The Balaban J connectivity index is 1.68. The number of aromatic carboxylic acids is 1. The molecule has 0 radical (unpaired) electrons. The van der Waals surface area contributed by atoms with E-state index in [2.05, 4.69) is 6.07 Å². The van der Waals surface area contributed by atoms with Crippen molar-refractivity contribution < 1.29 is 31.5 Å². The van der Waals surface area contributed by atoms with Crippen molar-refractivity contribution in [2.75, 3.05) is 0 Å². The van der Waals surface area contributed by atoms with Gasteiger partial charge in [0.25, 0.3) is 16.4 Å². The van der Waals surface area contributed by atoms with Crippen molar-refractivity contribution in [1.29, 1.82) is 5.26 Å². The highest BCUT2D eigenvalue weighted by molar-refractivity contribution is 7.90. The van der Waals surface area contributed by atoms with E-state index < -0.39 is 34.5 Å². The quantitative estimate of drug-likeness (QED) is 0.227. The molecule has 1 N–H and O–H groups in total. The predicted octanol–water partition coefficient (Wildman–Crippen LogP) is 7.14. The minimum atomic E-state index is -4.48. The number of hydrogen-bond acceptors (Lipinski definition) is 4. The maximum absolute atomic E-state index is 15.0. The van der Waals surface area contributed by atoms with Crippen LogP contribution >= 0.6 is 11.6 Å². The molecule has 6 nitrogen and oxygen atoms in total. The number of hydrogen-bond donors (Lipinski definition) is 1. The molecule has 4 aromatic rings. The van der Waals surface area contributed by atoms with Gasteiger partial charge in [-0.2, -0.15) is 5.26 Å². The normalized spacial score (nSPS) is 17.4. The van der Waals surface area contributed by atoms with Crippen molar-refractivity contribution >= 4 is 39.7 Å². The van der Waals surface area contributed by atoms with Gasteiger partial charge in [-0.1, -0.05) is 66.2 Å². The molecule has 2 atom stereocenters. The molecule has 0 fully saturated rings. The molecular formula is C35H24ClF3N2O4S. The minimum Gasteiger partial charge on any atom is -0.478 e. The van der Waals surface area contributed by atoms with E-state index in [4.69, 9.17) is 11.6 Å². The van der Waals surface area contributed by atoms with Crippen molar-refractivity contribution in [3.63, 3.8) is 0 Å². The van der Waals surface area contributed by atoms with Crippen molar-refractivity contribution in [2.24, 2.45) is 0 Å². The molecule has 6 rings (SSSR count). The second-order valence-corrected chi connectivity index (χ2v) is 13.0. The molecule has 3 aromatic carbocycles. The molecule has 2 unspecified atom stereocenters. The van der Waals surface area contributed by atoms with Gasteiger partial charge in [0.05, 0.1) is 27.6 Å². The molecule has 0 saturated carbocycles. The fourth-order valence-corrected chi connectivity index (χ4v) is 7.80. The van der Waals surface area contributed by atoms with Crippen LogP contribution in [0, 0.1) is 11.3 Å². The first-order valence-corrected chi connectivity index (χ1v) is 16.0. The van der Waals surface area contributed by atoms with Crippen molar-refractivity contribution in [3.05, 3.63) is 123 Å². The molecule has 0 bridgehead atoms. The molecule has 46 heavy (non-hydrogen) atoms. The Labute approximate surface area is 267 Å². The minimum absolute atomic E-state index is 0.00859. The Morgan fingerprint density at radius 3 is 2.46 bits per heavy atom.